The number of ether oxygens (including phenoxy) is 2. The van der Waals surface area contributed by atoms with Crippen molar-refractivity contribution in [3.8, 4) is 0 Å². The third kappa shape index (κ3) is 5.27. The number of phosphoric ester groups is 1. The number of aromatic nitrogens is 7. The average Bonchev–Trinajstić information content (AvgIpc) is 3.71. The van der Waals surface area contributed by atoms with E-state index < -0.39 is 75.6 Å². The Labute approximate surface area is 240 Å². The number of nitrogens with one attached hydrogen (secondary N) is 1. The lowest BCUT2D eigenvalue weighted by atomic mass is 10.0. The number of phosphoric acid groups is 1. The topological polar surface area (TPSA) is 301 Å². The van der Waals surface area contributed by atoms with Crippen LogP contribution >= 0.6 is 7.82 Å². The molecule has 0 amide bonds. The lowest BCUT2D eigenvalue weighted by Gasteiger charge is -2.24. The van der Waals surface area contributed by atoms with Gasteiger partial charge in [-0.25, -0.2) is 19.0 Å². The van der Waals surface area contributed by atoms with Gasteiger partial charge in [-0.3, -0.25) is 23.4 Å². The molecule has 4 aromatic rings. The van der Waals surface area contributed by atoms with E-state index >= 15 is 0 Å². The molecule has 2 saturated heterocycles. The van der Waals surface area contributed by atoms with Crippen LogP contribution in [0.25, 0.3) is 16.7 Å². The molecule has 0 saturated carbocycles. The molecule has 4 aromatic heterocycles. The van der Waals surface area contributed by atoms with Crippen molar-refractivity contribution >= 4 is 36.3 Å². The number of rotatable bonds is 9. The van der Waals surface area contributed by atoms with Gasteiger partial charge in [0.05, 0.1) is 31.3 Å². The Bertz CT molecular complexity index is 1750. The Morgan fingerprint density at radius 2 is 1.88 bits per heavy atom. The fourth-order valence-corrected chi connectivity index (χ4v) is 6.16. The summed E-state index contributed by atoms with van der Waals surface area (Å²) in [6, 6.07) is 3.25. The van der Waals surface area contributed by atoms with Crippen LogP contribution < -0.4 is 17.0 Å². The summed E-state index contributed by atoms with van der Waals surface area (Å²) in [5.41, 5.74) is 11.5. The Balaban J connectivity index is 1.13. The van der Waals surface area contributed by atoms with Crippen molar-refractivity contribution in [2.75, 3.05) is 24.7 Å². The van der Waals surface area contributed by atoms with Crippen LogP contribution in [0, 0.1) is 0 Å². The van der Waals surface area contributed by atoms with Crippen molar-refractivity contribution < 1.29 is 48.4 Å². The van der Waals surface area contributed by atoms with Gasteiger partial charge in [0.2, 0.25) is 5.95 Å². The van der Waals surface area contributed by atoms with Crippen LogP contribution in [-0.2, 0) is 23.1 Å². The summed E-state index contributed by atoms with van der Waals surface area (Å²) in [4.78, 5) is 36.8. The van der Waals surface area contributed by atoms with E-state index in [1.165, 1.54) is 15.4 Å². The lowest BCUT2D eigenvalue weighted by molar-refractivity contribution is -0.0519. The second-order valence-electron chi connectivity index (χ2n) is 9.95. The van der Waals surface area contributed by atoms with Crippen molar-refractivity contribution in [1.29, 1.82) is 0 Å². The SMILES string of the molecule is Nc1nc2c(ncn2[C@@H]2O[C@H](CO)[C@@H](O)[C@H]2OP(=O)(O)OCC[C@H]2O[C@@H](c3ccc4c(N)ncnn34)[C@H](O)[C@@H]2O)c(=O)[nH]1. The third-order valence-electron chi connectivity index (χ3n) is 7.29. The largest absolute Gasteiger partial charge is 0.472 e. The van der Waals surface area contributed by atoms with Gasteiger partial charge in [-0.2, -0.15) is 10.1 Å². The zero-order chi connectivity index (χ0) is 30.6. The first-order chi connectivity index (χ1) is 20.5. The van der Waals surface area contributed by atoms with Crippen LogP contribution in [0.15, 0.2) is 29.6 Å². The number of H-pyrrole nitrogens is 1. The van der Waals surface area contributed by atoms with Crippen molar-refractivity contribution in [1.82, 2.24) is 34.1 Å². The number of aliphatic hydroxyl groups excluding tert-OH is 4. The van der Waals surface area contributed by atoms with Crippen LogP contribution in [0.4, 0.5) is 11.8 Å². The van der Waals surface area contributed by atoms with E-state index in [1.54, 1.807) is 12.1 Å². The van der Waals surface area contributed by atoms with Crippen molar-refractivity contribution in [3.63, 3.8) is 0 Å². The number of imidazole rings is 1. The summed E-state index contributed by atoms with van der Waals surface area (Å²) < 4.78 is 37.3. The number of aliphatic hydroxyl groups is 4. The van der Waals surface area contributed by atoms with E-state index in [0.717, 1.165) is 6.33 Å². The number of fused-ring (bicyclic) bond motifs is 2. The van der Waals surface area contributed by atoms with Crippen molar-refractivity contribution in [3.05, 3.63) is 40.8 Å². The summed E-state index contributed by atoms with van der Waals surface area (Å²) in [5.74, 6) is -0.0325. The van der Waals surface area contributed by atoms with Crippen LogP contribution in [0.1, 0.15) is 24.4 Å². The van der Waals surface area contributed by atoms with E-state index in [9.17, 15) is 34.7 Å². The third-order valence-corrected chi connectivity index (χ3v) is 8.31. The molecule has 0 spiro atoms. The molecular weight excluding hydrogens is 597 g/mol. The Morgan fingerprint density at radius 1 is 1.09 bits per heavy atom. The number of hydrogen-bond donors (Lipinski definition) is 8. The lowest BCUT2D eigenvalue weighted by Crippen LogP contribution is -2.35. The molecule has 2 aliphatic heterocycles. The van der Waals surface area contributed by atoms with Gasteiger partial charge in [-0.1, -0.05) is 0 Å². The summed E-state index contributed by atoms with van der Waals surface area (Å²) in [7, 11) is -4.93. The quantitative estimate of drug-likeness (QED) is 0.0879. The minimum absolute atomic E-state index is 0.0651. The number of nitrogens with two attached hydrogens (primary N) is 2. The molecule has 10 N–H and O–H groups in total. The summed E-state index contributed by atoms with van der Waals surface area (Å²) >= 11 is 0. The number of nitrogens with zero attached hydrogens (tertiary/aromatic N) is 6. The summed E-state index contributed by atoms with van der Waals surface area (Å²) in [6.07, 6.45) is -8.35. The molecule has 43 heavy (non-hydrogen) atoms. The van der Waals surface area contributed by atoms with Gasteiger partial charge in [0.15, 0.2) is 23.2 Å². The first-order valence-corrected chi connectivity index (χ1v) is 14.4. The Kier molecular flexibility index (Phi) is 7.67. The molecule has 0 aliphatic carbocycles. The average molecular weight is 625 g/mol. The van der Waals surface area contributed by atoms with Crippen LogP contribution in [0.5, 0.6) is 0 Å². The normalized spacial score (nSPS) is 30.8. The molecule has 9 atom stereocenters. The van der Waals surface area contributed by atoms with Crippen LogP contribution in [-0.4, -0.2) is 109 Å². The van der Waals surface area contributed by atoms with Gasteiger partial charge in [0, 0.05) is 6.42 Å². The van der Waals surface area contributed by atoms with Gasteiger partial charge in [-0.05, 0) is 12.1 Å². The first-order valence-electron chi connectivity index (χ1n) is 12.9. The second kappa shape index (κ2) is 11.2. The van der Waals surface area contributed by atoms with Gasteiger partial charge >= 0.3 is 7.82 Å². The molecular formula is C22H28N9O11P. The molecule has 1 unspecified atom stereocenters. The second-order valence-corrected chi connectivity index (χ2v) is 11.4. The number of hydrogen-bond acceptors (Lipinski definition) is 16. The van der Waals surface area contributed by atoms with E-state index in [0.29, 0.717) is 11.2 Å². The molecule has 21 heteroatoms. The van der Waals surface area contributed by atoms with Crippen molar-refractivity contribution in [2.45, 2.75) is 55.4 Å². The zero-order valence-electron chi connectivity index (χ0n) is 22.0. The standard InChI is InChI=1S/C22H28N9O11P/c23-18-9-2-1-8(31(9)27-6-25-18)16-15(35)13(33)10(40-16)3-4-39-43(37,38)42-17-14(34)11(5-32)41-21(17)30-7-26-12-19(30)28-22(24)29-20(12)36/h1-2,6-7,10-11,13-17,21,32-35H,3-5H2,(H,37,38)(H2,23,25,27)(H3,24,28,29,36)/t10-,11-,13-,14-,15-,16+,17-,21-/m1/s1. The summed E-state index contributed by atoms with van der Waals surface area (Å²) in [5, 5.41) is 45.7. The maximum atomic E-state index is 12.9. The number of anilines is 2. The smallest absolute Gasteiger partial charge is 0.394 e. The van der Waals surface area contributed by atoms with Crippen LogP contribution in [0.3, 0.4) is 0 Å². The van der Waals surface area contributed by atoms with Gasteiger partial charge in [-0.15, -0.1) is 0 Å². The number of nitrogen functional groups attached to an aromatic ring is 2. The Hall–Kier alpha value is -3.56. The first kappa shape index (κ1) is 29.5. The number of aromatic amines is 1. The maximum Gasteiger partial charge on any atom is 0.472 e. The molecule has 20 nitrogen and oxygen atoms in total. The molecule has 2 fully saturated rings. The molecule has 6 heterocycles. The molecule has 232 valence electrons. The minimum Gasteiger partial charge on any atom is -0.394 e. The minimum atomic E-state index is -4.93. The highest BCUT2D eigenvalue weighted by Crippen LogP contribution is 2.49. The molecule has 2 aliphatic rings. The van der Waals surface area contributed by atoms with Gasteiger partial charge in [0.1, 0.15) is 48.5 Å². The van der Waals surface area contributed by atoms with E-state index in [-0.39, 0.29) is 29.4 Å². The highest BCUT2D eigenvalue weighted by atomic mass is 31.2. The molecule has 0 aromatic carbocycles. The predicted octanol–water partition coefficient (Wildman–Crippen LogP) is -2.67. The molecule has 0 radical (unpaired) electrons. The predicted molar refractivity (Wildman–Crippen MR) is 142 cm³/mol. The molecule has 6 rings (SSSR count). The van der Waals surface area contributed by atoms with Crippen LogP contribution in [0.2, 0.25) is 0 Å². The van der Waals surface area contributed by atoms with Gasteiger partial charge < -0.3 is 46.3 Å². The highest BCUT2D eigenvalue weighted by Gasteiger charge is 2.50. The monoisotopic (exact) mass is 625 g/mol. The maximum absolute atomic E-state index is 12.9. The fraction of sp³-hybridized carbons (Fsp3) is 0.500. The van der Waals surface area contributed by atoms with Crippen molar-refractivity contribution in [2.24, 2.45) is 0 Å². The Morgan fingerprint density at radius 3 is 2.65 bits per heavy atom. The molecule has 0 bridgehead atoms. The van der Waals surface area contributed by atoms with Gasteiger partial charge in [0.25, 0.3) is 5.56 Å². The highest BCUT2D eigenvalue weighted by molar-refractivity contribution is 7.47. The van der Waals surface area contributed by atoms with E-state index in [4.69, 9.17) is 30.0 Å². The fourth-order valence-electron chi connectivity index (χ4n) is 5.22. The summed E-state index contributed by atoms with van der Waals surface area (Å²) in [6.45, 7) is -1.15. The van der Waals surface area contributed by atoms with E-state index in [2.05, 4.69) is 25.0 Å². The van der Waals surface area contributed by atoms with E-state index in [1.807, 2.05) is 0 Å². The zero-order valence-corrected chi connectivity index (χ0v) is 22.9.